The number of alkyl halides is 1. The van der Waals surface area contributed by atoms with Crippen molar-refractivity contribution in [1.29, 1.82) is 0 Å². The molecule has 0 aliphatic rings. The van der Waals surface area contributed by atoms with Crippen molar-refractivity contribution in [1.82, 2.24) is 5.32 Å². The van der Waals surface area contributed by atoms with E-state index in [4.69, 9.17) is 23.2 Å². The van der Waals surface area contributed by atoms with Crippen molar-refractivity contribution in [2.24, 2.45) is 5.41 Å². The zero-order valence-electron chi connectivity index (χ0n) is 11.1. The number of benzene rings is 1. The summed E-state index contributed by atoms with van der Waals surface area (Å²) in [4.78, 5) is 0. The third-order valence-corrected chi connectivity index (χ3v) is 3.58. The molecular weight excluding hydrogens is 272 g/mol. The molecule has 1 rings (SSSR count). The van der Waals surface area contributed by atoms with Crippen molar-refractivity contribution < 1.29 is 4.39 Å². The molecule has 18 heavy (non-hydrogen) atoms. The van der Waals surface area contributed by atoms with Crippen molar-refractivity contribution in [3.05, 3.63) is 34.6 Å². The molecule has 0 bridgehead atoms. The maximum atomic E-state index is 13.1. The van der Waals surface area contributed by atoms with Crippen LogP contribution in [0.25, 0.3) is 0 Å². The minimum atomic E-state index is -0.263. The van der Waals surface area contributed by atoms with Crippen molar-refractivity contribution >= 4 is 23.2 Å². The van der Waals surface area contributed by atoms with Crippen LogP contribution in [0.3, 0.4) is 0 Å². The van der Waals surface area contributed by atoms with Gasteiger partial charge in [0.25, 0.3) is 0 Å². The van der Waals surface area contributed by atoms with Crippen LogP contribution in [0.4, 0.5) is 4.39 Å². The quantitative estimate of drug-likeness (QED) is 0.781. The van der Waals surface area contributed by atoms with E-state index in [0.29, 0.717) is 17.4 Å². The summed E-state index contributed by atoms with van der Waals surface area (Å²) in [5.41, 5.74) is 0.884. The first-order chi connectivity index (χ1) is 8.34. The van der Waals surface area contributed by atoms with Gasteiger partial charge in [0.1, 0.15) is 5.82 Å². The molecular formula is C14H20Cl2FN. The Hall–Kier alpha value is -0.310. The minimum absolute atomic E-state index is 0.106. The van der Waals surface area contributed by atoms with Gasteiger partial charge >= 0.3 is 0 Å². The van der Waals surface area contributed by atoms with Crippen LogP contribution in [0.1, 0.15) is 32.8 Å². The van der Waals surface area contributed by atoms with E-state index in [1.165, 1.54) is 12.1 Å². The fraction of sp³-hybridized carbons (Fsp3) is 0.571. The molecule has 0 radical (unpaired) electrons. The second kappa shape index (κ2) is 6.74. The van der Waals surface area contributed by atoms with Crippen LogP contribution in [0, 0.1) is 11.2 Å². The zero-order chi connectivity index (χ0) is 13.8. The van der Waals surface area contributed by atoms with Crippen LogP contribution < -0.4 is 5.32 Å². The van der Waals surface area contributed by atoms with E-state index in [0.717, 1.165) is 12.0 Å². The van der Waals surface area contributed by atoms with Crippen molar-refractivity contribution in [3.8, 4) is 0 Å². The Labute approximate surface area is 119 Å². The average Bonchev–Trinajstić information content (AvgIpc) is 2.27. The van der Waals surface area contributed by atoms with Gasteiger partial charge in [-0.2, -0.15) is 0 Å². The lowest BCUT2D eigenvalue weighted by atomic mass is 9.85. The lowest BCUT2D eigenvalue weighted by molar-refractivity contribution is 0.260. The van der Waals surface area contributed by atoms with Gasteiger partial charge in [0, 0.05) is 23.5 Å². The predicted molar refractivity (Wildman–Crippen MR) is 76.8 cm³/mol. The summed E-state index contributed by atoms with van der Waals surface area (Å²) in [7, 11) is 0. The maximum absolute atomic E-state index is 13.1. The number of halogens is 3. The molecule has 0 saturated carbocycles. The van der Waals surface area contributed by atoms with E-state index in [9.17, 15) is 4.39 Å². The first kappa shape index (κ1) is 15.7. The SMILES string of the molecule is CC(C)(C)C(CCCl)NCc1cc(F)ccc1Cl. The van der Waals surface area contributed by atoms with Gasteiger partial charge in [-0.25, -0.2) is 4.39 Å². The lowest BCUT2D eigenvalue weighted by Crippen LogP contribution is -2.40. The Morgan fingerprint density at radius 1 is 1.33 bits per heavy atom. The van der Waals surface area contributed by atoms with Gasteiger partial charge in [0.15, 0.2) is 0 Å². The van der Waals surface area contributed by atoms with E-state index < -0.39 is 0 Å². The predicted octanol–water partition coefficient (Wildman–Crippen LogP) is 4.61. The Bertz CT molecular complexity index is 388. The Balaban J connectivity index is 2.70. The number of nitrogens with one attached hydrogen (secondary N) is 1. The van der Waals surface area contributed by atoms with Crippen molar-refractivity contribution in [3.63, 3.8) is 0 Å². The fourth-order valence-corrected chi connectivity index (χ4v) is 2.26. The molecule has 0 fully saturated rings. The highest BCUT2D eigenvalue weighted by molar-refractivity contribution is 6.31. The molecule has 0 aliphatic heterocycles. The van der Waals surface area contributed by atoms with Gasteiger partial charge in [-0.15, -0.1) is 11.6 Å². The third-order valence-electron chi connectivity index (χ3n) is 2.99. The van der Waals surface area contributed by atoms with Crippen LogP contribution in [0.5, 0.6) is 0 Å². The highest BCUT2D eigenvalue weighted by atomic mass is 35.5. The van der Waals surface area contributed by atoms with Crippen LogP contribution in [0.15, 0.2) is 18.2 Å². The molecule has 4 heteroatoms. The molecule has 0 saturated heterocycles. The van der Waals surface area contributed by atoms with Gasteiger partial charge in [-0.3, -0.25) is 0 Å². The summed E-state index contributed by atoms with van der Waals surface area (Å²) < 4.78 is 13.1. The molecule has 0 aliphatic carbocycles. The summed E-state index contributed by atoms with van der Waals surface area (Å²) in [5.74, 6) is 0.340. The standard InChI is InChI=1S/C14H20Cl2FN/c1-14(2,3)13(6-7-15)18-9-10-8-11(17)4-5-12(10)16/h4-5,8,13,18H,6-7,9H2,1-3H3. The molecule has 1 aromatic rings. The largest absolute Gasteiger partial charge is 0.309 e. The third kappa shape index (κ3) is 4.75. The molecule has 0 heterocycles. The van der Waals surface area contributed by atoms with Gasteiger partial charge in [-0.05, 0) is 35.6 Å². The van der Waals surface area contributed by atoms with E-state index in [2.05, 4.69) is 26.1 Å². The number of hydrogen-bond donors (Lipinski definition) is 1. The summed E-state index contributed by atoms with van der Waals surface area (Å²) >= 11 is 11.9. The average molecular weight is 292 g/mol. The maximum Gasteiger partial charge on any atom is 0.123 e. The molecule has 0 aromatic heterocycles. The zero-order valence-corrected chi connectivity index (χ0v) is 12.6. The first-order valence-corrected chi connectivity index (χ1v) is 6.99. The summed E-state index contributed by atoms with van der Waals surface area (Å²) in [6, 6.07) is 4.69. The van der Waals surface area contributed by atoms with Crippen LogP contribution in [-0.4, -0.2) is 11.9 Å². The lowest BCUT2D eigenvalue weighted by Gasteiger charge is -2.31. The second-order valence-corrected chi connectivity index (χ2v) is 6.30. The number of rotatable bonds is 5. The van der Waals surface area contributed by atoms with Gasteiger partial charge in [0.05, 0.1) is 0 Å². The molecule has 1 nitrogen and oxygen atoms in total. The molecule has 1 aromatic carbocycles. The molecule has 1 unspecified atom stereocenters. The van der Waals surface area contributed by atoms with E-state index >= 15 is 0 Å². The van der Waals surface area contributed by atoms with Crippen LogP contribution in [-0.2, 0) is 6.54 Å². The monoisotopic (exact) mass is 291 g/mol. The van der Waals surface area contributed by atoms with Crippen LogP contribution in [0.2, 0.25) is 5.02 Å². The molecule has 0 spiro atoms. The normalized spacial score (nSPS) is 13.7. The van der Waals surface area contributed by atoms with E-state index in [1.807, 2.05) is 0 Å². The van der Waals surface area contributed by atoms with Gasteiger partial charge in [0.2, 0.25) is 0 Å². The van der Waals surface area contributed by atoms with Crippen molar-refractivity contribution in [2.45, 2.75) is 39.8 Å². The first-order valence-electron chi connectivity index (χ1n) is 6.08. The highest BCUT2D eigenvalue weighted by Crippen LogP contribution is 2.24. The Morgan fingerprint density at radius 2 is 2.00 bits per heavy atom. The molecule has 1 atom stereocenters. The second-order valence-electron chi connectivity index (χ2n) is 5.51. The minimum Gasteiger partial charge on any atom is -0.309 e. The number of hydrogen-bond acceptors (Lipinski definition) is 1. The van der Waals surface area contributed by atoms with E-state index in [-0.39, 0.29) is 17.3 Å². The topological polar surface area (TPSA) is 12.0 Å². The van der Waals surface area contributed by atoms with Crippen LogP contribution >= 0.6 is 23.2 Å². The Morgan fingerprint density at radius 3 is 2.56 bits per heavy atom. The molecule has 0 amide bonds. The molecule has 102 valence electrons. The van der Waals surface area contributed by atoms with Crippen molar-refractivity contribution in [2.75, 3.05) is 5.88 Å². The smallest absolute Gasteiger partial charge is 0.123 e. The van der Waals surface area contributed by atoms with Gasteiger partial charge in [-0.1, -0.05) is 32.4 Å². The summed E-state index contributed by atoms with van der Waals surface area (Å²) in [6.45, 7) is 7.02. The van der Waals surface area contributed by atoms with Gasteiger partial charge < -0.3 is 5.32 Å². The summed E-state index contributed by atoms with van der Waals surface area (Å²) in [5, 5.41) is 3.99. The fourth-order valence-electron chi connectivity index (χ4n) is 1.86. The summed E-state index contributed by atoms with van der Waals surface area (Å²) in [6.07, 6.45) is 0.873. The highest BCUT2D eigenvalue weighted by Gasteiger charge is 2.23. The molecule has 1 N–H and O–H groups in total. The van der Waals surface area contributed by atoms with E-state index in [1.54, 1.807) is 6.07 Å². The Kier molecular flexibility index (Phi) is 5.90.